The topological polar surface area (TPSA) is 197 Å². The predicted molar refractivity (Wildman–Crippen MR) is 170 cm³/mol. The van der Waals surface area contributed by atoms with E-state index < -0.39 is 76.3 Å². The van der Waals surface area contributed by atoms with E-state index >= 15 is 0 Å². The lowest BCUT2D eigenvalue weighted by Gasteiger charge is -2.39. The van der Waals surface area contributed by atoms with Crippen LogP contribution in [0.1, 0.15) is 88.0 Å². The van der Waals surface area contributed by atoms with Crippen molar-refractivity contribution in [3.63, 3.8) is 0 Å². The van der Waals surface area contributed by atoms with E-state index in [0.29, 0.717) is 12.8 Å². The number of carbonyl (C=O) groups excluding carboxylic acids is 7. The molecule has 0 spiro atoms. The minimum Gasteiger partial charge on any atom is -0.363 e. The molecular formula is C32H54N6O8. The number of amides is 7. The maximum Gasteiger partial charge on any atom is 0.315 e. The Bertz CT molecular complexity index is 1160. The second kappa shape index (κ2) is 15.8. The number of rotatable bonds is 13. The molecule has 0 aromatic carbocycles. The Morgan fingerprint density at radius 2 is 1.52 bits per heavy atom. The SMILES string of the molecule is CCCCC(NC(=O)[C@@H]1[C@@H](C(C)C)CCN1C(=O)[C@@H](NC(=O)N[C@H](CN1C(=O)COCC1=O)C(C)(C)C)C(C)(C)C)C(=O)C(N)=O. The number of carbonyl (C=O) groups is 7. The van der Waals surface area contributed by atoms with Gasteiger partial charge in [-0.25, -0.2) is 4.79 Å². The Morgan fingerprint density at radius 3 is 2.00 bits per heavy atom. The van der Waals surface area contributed by atoms with E-state index in [9.17, 15) is 33.6 Å². The molecule has 2 aliphatic rings. The minimum absolute atomic E-state index is 0.0111. The first kappa shape index (κ1) is 38.6. The van der Waals surface area contributed by atoms with Crippen molar-refractivity contribution in [1.82, 2.24) is 25.8 Å². The van der Waals surface area contributed by atoms with Crippen LogP contribution in [0.4, 0.5) is 4.79 Å². The van der Waals surface area contributed by atoms with Crippen molar-refractivity contribution in [1.29, 1.82) is 0 Å². The monoisotopic (exact) mass is 650 g/mol. The van der Waals surface area contributed by atoms with Crippen molar-refractivity contribution in [2.75, 3.05) is 26.3 Å². The molecule has 2 rings (SSSR count). The fourth-order valence-corrected chi connectivity index (χ4v) is 5.79. The largest absolute Gasteiger partial charge is 0.363 e. The lowest BCUT2D eigenvalue weighted by atomic mass is 9.84. The molecule has 5 N–H and O–H groups in total. The van der Waals surface area contributed by atoms with Gasteiger partial charge in [-0.2, -0.15) is 0 Å². The first-order chi connectivity index (χ1) is 21.2. The Kier molecular flexibility index (Phi) is 13.3. The first-order valence-corrected chi connectivity index (χ1v) is 16.1. The van der Waals surface area contributed by atoms with Crippen LogP contribution in [0.5, 0.6) is 0 Å². The summed E-state index contributed by atoms with van der Waals surface area (Å²) in [4.78, 5) is 93.0. The van der Waals surface area contributed by atoms with E-state index in [4.69, 9.17) is 10.5 Å². The van der Waals surface area contributed by atoms with Crippen LogP contribution in [0.3, 0.4) is 0 Å². The van der Waals surface area contributed by atoms with Crippen LogP contribution in [0.25, 0.3) is 0 Å². The van der Waals surface area contributed by atoms with Gasteiger partial charge in [0.05, 0.1) is 12.1 Å². The summed E-state index contributed by atoms with van der Waals surface area (Å²) in [5.74, 6) is -4.27. The Morgan fingerprint density at radius 1 is 0.935 bits per heavy atom. The molecule has 0 aliphatic carbocycles. The van der Waals surface area contributed by atoms with Crippen LogP contribution in [-0.4, -0.2) is 102 Å². The normalized spacial score (nSPS) is 21.1. The molecule has 14 heteroatoms. The molecule has 0 aromatic heterocycles. The highest BCUT2D eigenvalue weighted by Crippen LogP contribution is 2.33. The highest BCUT2D eigenvalue weighted by molar-refractivity contribution is 6.37. The average molecular weight is 651 g/mol. The van der Waals surface area contributed by atoms with E-state index in [1.54, 1.807) is 20.8 Å². The number of unbranched alkanes of at least 4 members (excludes halogenated alkanes) is 1. The van der Waals surface area contributed by atoms with Gasteiger partial charge in [-0.15, -0.1) is 0 Å². The highest BCUT2D eigenvalue weighted by atomic mass is 16.5. The number of primary amides is 1. The summed E-state index contributed by atoms with van der Waals surface area (Å²) in [6.07, 6.45) is 2.08. The van der Waals surface area contributed by atoms with Crippen LogP contribution >= 0.6 is 0 Å². The molecule has 2 fully saturated rings. The van der Waals surface area contributed by atoms with Gasteiger partial charge in [-0.3, -0.25) is 33.7 Å². The quantitative estimate of drug-likeness (QED) is 0.168. The van der Waals surface area contributed by atoms with E-state index in [0.717, 1.165) is 11.3 Å². The number of ketones is 1. The smallest absolute Gasteiger partial charge is 0.315 e. The Hall–Kier alpha value is -3.55. The zero-order valence-corrected chi connectivity index (χ0v) is 28.9. The summed E-state index contributed by atoms with van der Waals surface area (Å²) in [7, 11) is 0. The first-order valence-electron chi connectivity index (χ1n) is 16.1. The lowest BCUT2D eigenvalue weighted by molar-refractivity contribution is -0.159. The second-order valence-electron chi connectivity index (χ2n) is 14.8. The third-order valence-electron chi connectivity index (χ3n) is 8.73. The minimum atomic E-state index is -1.14. The fraction of sp³-hybridized carbons (Fsp3) is 0.781. The molecule has 7 amide bonds. The molecule has 14 nitrogen and oxygen atoms in total. The number of nitrogens with one attached hydrogen (secondary N) is 3. The number of hydrogen-bond acceptors (Lipinski definition) is 8. The highest BCUT2D eigenvalue weighted by Gasteiger charge is 2.48. The number of morpholine rings is 1. The van der Waals surface area contributed by atoms with Crippen LogP contribution < -0.4 is 21.7 Å². The summed E-state index contributed by atoms with van der Waals surface area (Å²) in [5, 5.41) is 8.35. The average Bonchev–Trinajstić information content (AvgIpc) is 3.39. The lowest BCUT2D eigenvalue weighted by Crippen LogP contribution is -2.63. The van der Waals surface area contributed by atoms with Crippen LogP contribution in [0.2, 0.25) is 0 Å². The number of imide groups is 1. The van der Waals surface area contributed by atoms with Gasteiger partial charge in [0, 0.05) is 13.1 Å². The summed E-state index contributed by atoms with van der Waals surface area (Å²) >= 11 is 0. The third kappa shape index (κ3) is 9.97. The Labute approximate surface area is 272 Å². The van der Waals surface area contributed by atoms with Gasteiger partial charge in [0.1, 0.15) is 25.3 Å². The standard InChI is InChI=1S/C32H54N6O8/c1-10-11-12-20(25(41)27(33)42)34-28(43)24-19(18(2)3)13-14-37(24)29(44)26(32(7,8)9)36-30(45)35-21(31(4,5)6)15-38-22(39)16-46-17-23(38)40/h18-21,24,26H,10-17H2,1-9H3,(H2,33,42)(H,34,43)(H2,35,36,45)/t19-,20?,21-,24+,26-/m1/s1. The van der Waals surface area contributed by atoms with Gasteiger partial charge < -0.3 is 31.3 Å². The molecule has 260 valence electrons. The van der Waals surface area contributed by atoms with Crippen molar-refractivity contribution < 1.29 is 38.3 Å². The van der Waals surface area contributed by atoms with Crippen LogP contribution in [-0.2, 0) is 33.5 Å². The van der Waals surface area contributed by atoms with Crippen molar-refractivity contribution >= 4 is 41.4 Å². The van der Waals surface area contributed by atoms with E-state index in [1.165, 1.54) is 4.90 Å². The number of hydrogen-bond donors (Lipinski definition) is 4. The zero-order chi connectivity index (χ0) is 35.1. The number of ether oxygens (including phenoxy) is 1. The third-order valence-corrected chi connectivity index (χ3v) is 8.73. The maximum absolute atomic E-state index is 14.2. The number of urea groups is 1. The maximum atomic E-state index is 14.2. The molecule has 46 heavy (non-hydrogen) atoms. The zero-order valence-electron chi connectivity index (χ0n) is 28.9. The van der Waals surface area contributed by atoms with Gasteiger partial charge in [0.2, 0.25) is 17.6 Å². The molecule has 0 aromatic rings. The van der Waals surface area contributed by atoms with Crippen molar-refractivity contribution in [3.05, 3.63) is 0 Å². The summed E-state index contributed by atoms with van der Waals surface area (Å²) in [5.41, 5.74) is 3.90. The van der Waals surface area contributed by atoms with Crippen molar-refractivity contribution in [2.24, 2.45) is 28.4 Å². The number of nitrogens with zero attached hydrogens (tertiary/aromatic N) is 2. The van der Waals surface area contributed by atoms with E-state index in [-0.39, 0.29) is 44.6 Å². The van der Waals surface area contributed by atoms with Crippen molar-refractivity contribution in [3.8, 4) is 0 Å². The molecule has 0 bridgehead atoms. The van der Waals surface area contributed by atoms with Gasteiger partial charge >= 0.3 is 6.03 Å². The molecule has 1 unspecified atom stereocenters. The van der Waals surface area contributed by atoms with Gasteiger partial charge in [0.15, 0.2) is 0 Å². The molecule has 0 saturated carbocycles. The second-order valence-corrected chi connectivity index (χ2v) is 14.8. The summed E-state index contributed by atoms with van der Waals surface area (Å²) < 4.78 is 5.00. The molecule has 0 radical (unpaired) electrons. The fourth-order valence-electron chi connectivity index (χ4n) is 5.79. The summed E-state index contributed by atoms with van der Waals surface area (Å²) in [6, 6.07) is -4.43. The molecular weight excluding hydrogens is 596 g/mol. The molecule has 2 heterocycles. The number of Topliss-reactive ketones (excluding diaryl/α,β-unsaturated/α-hetero) is 1. The summed E-state index contributed by atoms with van der Waals surface area (Å²) in [6.45, 7) is 16.5. The van der Waals surface area contributed by atoms with Crippen LogP contribution in [0.15, 0.2) is 0 Å². The number of likely N-dealkylation sites (tertiary alicyclic amines) is 1. The molecule has 2 aliphatic heterocycles. The van der Waals surface area contributed by atoms with Gasteiger partial charge in [-0.1, -0.05) is 75.2 Å². The van der Waals surface area contributed by atoms with Gasteiger partial charge in [-0.05, 0) is 35.5 Å². The molecule has 5 atom stereocenters. The number of nitrogens with two attached hydrogens (primary N) is 1. The Balaban J connectivity index is 2.33. The van der Waals surface area contributed by atoms with E-state index in [1.807, 2.05) is 41.5 Å². The van der Waals surface area contributed by atoms with Crippen molar-refractivity contribution in [2.45, 2.75) is 112 Å². The van der Waals surface area contributed by atoms with Gasteiger partial charge in [0.25, 0.3) is 17.7 Å². The molecule has 2 saturated heterocycles. The van der Waals surface area contributed by atoms with E-state index in [2.05, 4.69) is 16.0 Å². The predicted octanol–water partition coefficient (Wildman–Crippen LogP) is 1.10. The van der Waals surface area contributed by atoms with Crippen LogP contribution in [0, 0.1) is 22.7 Å².